The van der Waals surface area contributed by atoms with Gasteiger partial charge in [0.2, 0.25) is 0 Å². The van der Waals surface area contributed by atoms with Crippen LogP contribution in [-0.2, 0) is 19.4 Å². The number of sulfone groups is 1. The van der Waals surface area contributed by atoms with E-state index in [4.69, 9.17) is 4.74 Å². The molecule has 0 unspecified atom stereocenters. The van der Waals surface area contributed by atoms with Crippen molar-refractivity contribution in [1.29, 1.82) is 0 Å². The average molecular weight is 341 g/mol. The summed E-state index contributed by atoms with van der Waals surface area (Å²) in [4.78, 5) is 23.9. The van der Waals surface area contributed by atoms with Crippen molar-refractivity contribution in [2.24, 2.45) is 5.92 Å². The fraction of sp³-hybridized carbons (Fsp3) is 0.500. The van der Waals surface area contributed by atoms with Crippen LogP contribution in [0.1, 0.15) is 26.3 Å². The minimum Gasteiger partial charge on any atom is -0.450 e. The van der Waals surface area contributed by atoms with Gasteiger partial charge in [-0.05, 0) is 31.9 Å². The Bertz CT molecular complexity index is 650. The highest BCUT2D eigenvalue weighted by Crippen LogP contribution is 2.14. The van der Waals surface area contributed by atoms with Crippen molar-refractivity contribution in [1.82, 2.24) is 5.32 Å². The molecule has 1 amide bonds. The minimum absolute atomic E-state index is 0.0927. The van der Waals surface area contributed by atoms with Gasteiger partial charge in [-0.1, -0.05) is 31.5 Å². The SMILES string of the molecule is CCOC(=O)N[C@H](C(=O)CS(=O)(=O)c1ccc(C)cc1)C(C)C. The number of rotatable bonds is 7. The van der Waals surface area contributed by atoms with Crippen LogP contribution in [0, 0.1) is 12.8 Å². The van der Waals surface area contributed by atoms with Gasteiger partial charge < -0.3 is 10.1 Å². The van der Waals surface area contributed by atoms with Crippen LogP contribution in [0.15, 0.2) is 29.2 Å². The van der Waals surface area contributed by atoms with E-state index in [1.54, 1.807) is 32.9 Å². The lowest BCUT2D eigenvalue weighted by Gasteiger charge is -2.20. The fourth-order valence-electron chi connectivity index (χ4n) is 2.02. The van der Waals surface area contributed by atoms with Gasteiger partial charge in [0.25, 0.3) is 0 Å². The van der Waals surface area contributed by atoms with E-state index in [1.807, 2.05) is 6.92 Å². The second-order valence-corrected chi connectivity index (χ2v) is 7.61. The van der Waals surface area contributed by atoms with Crippen LogP contribution < -0.4 is 5.32 Å². The van der Waals surface area contributed by atoms with Crippen LogP contribution in [0.4, 0.5) is 4.79 Å². The molecule has 128 valence electrons. The number of nitrogens with one attached hydrogen (secondary N) is 1. The van der Waals surface area contributed by atoms with Crippen molar-refractivity contribution in [3.63, 3.8) is 0 Å². The highest BCUT2D eigenvalue weighted by atomic mass is 32.2. The molecule has 0 radical (unpaired) electrons. The summed E-state index contributed by atoms with van der Waals surface area (Å²) in [7, 11) is -3.74. The van der Waals surface area contributed by atoms with Gasteiger partial charge in [0.15, 0.2) is 15.6 Å². The third-order valence-corrected chi connectivity index (χ3v) is 4.93. The Morgan fingerprint density at radius 1 is 1.17 bits per heavy atom. The first-order valence-electron chi connectivity index (χ1n) is 7.42. The number of hydrogen-bond donors (Lipinski definition) is 1. The number of carbonyl (C=O) groups excluding carboxylic acids is 2. The molecule has 1 rings (SSSR count). The molecule has 6 nitrogen and oxygen atoms in total. The molecule has 0 saturated heterocycles. The lowest BCUT2D eigenvalue weighted by molar-refractivity contribution is -0.119. The lowest BCUT2D eigenvalue weighted by Crippen LogP contribution is -2.46. The van der Waals surface area contributed by atoms with Crippen LogP contribution in [0.5, 0.6) is 0 Å². The Morgan fingerprint density at radius 3 is 2.22 bits per heavy atom. The molecule has 23 heavy (non-hydrogen) atoms. The number of Topliss-reactive ketones (excluding diaryl/α,β-unsaturated/α-hetero) is 1. The molecule has 0 aromatic heterocycles. The zero-order chi connectivity index (χ0) is 17.6. The van der Waals surface area contributed by atoms with Gasteiger partial charge in [-0.3, -0.25) is 4.79 Å². The molecule has 1 atom stereocenters. The fourth-order valence-corrected chi connectivity index (χ4v) is 3.30. The molecule has 0 heterocycles. The van der Waals surface area contributed by atoms with Crippen LogP contribution >= 0.6 is 0 Å². The van der Waals surface area contributed by atoms with Crippen LogP contribution in [0.3, 0.4) is 0 Å². The van der Waals surface area contributed by atoms with Crippen molar-refractivity contribution >= 4 is 21.7 Å². The first-order valence-corrected chi connectivity index (χ1v) is 9.08. The molecule has 0 aliphatic carbocycles. The van der Waals surface area contributed by atoms with Crippen LogP contribution in [0.2, 0.25) is 0 Å². The Morgan fingerprint density at radius 2 is 1.74 bits per heavy atom. The Kier molecular flexibility index (Phi) is 6.75. The standard InChI is InChI=1S/C16H23NO5S/c1-5-22-16(19)17-15(11(2)3)14(18)10-23(20,21)13-8-6-12(4)7-9-13/h6-9,11,15H,5,10H2,1-4H3,(H,17,19)/t15-/m0/s1. The molecule has 1 aromatic rings. The first kappa shape index (κ1) is 19.2. The highest BCUT2D eigenvalue weighted by Gasteiger charge is 2.29. The number of aryl methyl sites for hydroxylation is 1. The third-order valence-electron chi connectivity index (χ3n) is 3.27. The number of benzene rings is 1. The molecular weight excluding hydrogens is 318 g/mol. The summed E-state index contributed by atoms with van der Waals surface area (Å²) in [5, 5.41) is 2.43. The second-order valence-electron chi connectivity index (χ2n) is 5.62. The number of hydrogen-bond acceptors (Lipinski definition) is 5. The smallest absolute Gasteiger partial charge is 0.407 e. The van der Waals surface area contributed by atoms with Gasteiger partial charge in [-0.15, -0.1) is 0 Å². The summed E-state index contributed by atoms with van der Waals surface area (Å²) in [6.07, 6.45) is -0.729. The summed E-state index contributed by atoms with van der Waals surface area (Å²) in [6, 6.07) is 5.39. The summed E-state index contributed by atoms with van der Waals surface area (Å²) in [6.45, 7) is 7.13. The van der Waals surface area contributed by atoms with Crippen molar-refractivity contribution in [3.05, 3.63) is 29.8 Å². The zero-order valence-electron chi connectivity index (χ0n) is 13.8. The van der Waals surface area contributed by atoms with Crippen molar-refractivity contribution in [2.45, 2.75) is 38.6 Å². The van der Waals surface area contributed by atoms with Crippen molar-refractivity contribution in [3.8, 4) is 0 Å². The van der Waals surface area contributed by atoms with Gasteiger partial charge in [0.05, 0.1) is 17.5 Å². The molecule has 0 fully saturated rings. The molecular formula is C16H23NO5S. The normalized spacial score (nSPS) is 12.7. The Hall–Kier alpha value is -1.89. The van der Waals surface area contributed by atoms with E-state index in [2.05, 4.69) is 5.32 Å². The van der Waals surface area contributed by atoms with Gasteiger partial charge >= 0.3 is 6.09 Å². The average Bonchev–Trinajstić information content (AvgIpc) is 2.44. The van der Waals surface area contributed by atoms with Gasteiger partial charge in [0.1, 0.15) is 5.75 Å². The summed E-state index contributed by atoms with van der Waals surface area (Å²) in [5.74, 6) is -1.47. The minimum atomic E-state index is -3.74. The largest absolute Gasteiger partial charge is 0.450 e. The number of amides is 1. The maximum absolute atomic E-state index is 12.3. The molecule has 1 aromatic carbocycles. The van der Waals surface area contributed by atoms with E-state index in [-0.39, 0.29) is 17.4 Å². The van der Waals surface area contributed by atoms with E-state index >= 15 is 0 Å². The summed E-state index contributed by atoms with van der Waals surface area (Å²) < 4.78 is 29.4. The van der Waals surface area contributed by atoms with E-state index < -0.39 is 33.5 Å². The van der Waals surface area contributed by atoms with Crippen molar-refractivity contribution < 1.29 is 22.7 Å². The van der Waals surface area contributed by atoms with Gasteiger partial charge in [-0.2, -0.15) is 0 Å². The summed E-state index contributed by atoms with van der Waals surface area (Å²) in [5.41, 5.74) is 0.930. The molecule has 0 aliphatic heterocycles. The zero-order valence-corrected chi connectivity index (χ0v) is 14.6. The molecule has 0 bridgehead atoms. The number of carbonyl (C=O) groups is 2. The van der Waals surface area contributed by atoms with Gasteiger partial charge in [0, 0.05) is 0 Å². The number of alkyl carbamates (subject to hydrolysis) is 1. The topological polar surface area (TPSA) is 89.5 Å². The molecule has 0 aliphatic rings. The maximum Gasteiger partial charge on any atom is 0.407 e. The van der Waals surface area contributed by atoms with E-state index in [9.17, 15) is 18.0 Å². The predicted octanol–water partition coefficient (Wildman–Crippen LogP) is 2.11. The Labute approximate surface area is 137 Å². The predicted molar refractivity (Wildman–Crippen MR) is 87.0 cm³/mol. The van der Waals surface area contributed by atoms with Crippen molar-refractivity contribution in [2.75, 3.05) is 12.4 Å². The highest BCUT2D eigenvalue weighted by molar-refractivity contribution is 7.92. The Balaban J connectivity index is 2.89. The molecule has 0 saturated carbocycles. The quantitative estimate of drug-likeness (QED) is 0.820. The summed E-state index contributed by atoms with van der Waals surface area (Å²) >= 11 is 0. The maximum atomic E-state index is 12.3. The molecule has 0 spiro atoms. The van der Waals surface area contributed by atoms with E-state index in [0.717, 1.165) is 5.56 Å². The van der Waals surface area contributed by atoms with Crippen LogP contribution in [0.25, 0.3) is 0 Å². The lowest BCUT2D eigenvalue weighted by atomic mass is 10.0. The third kappa shape index (κ3) is 5.67. The van der Waals surface area contributed by atoms with E-state index in [0.29, 0.717) is 0 Å². The second kappa shape index (κ2) is 8.10. The molecule has 1 N–H and O–H groups in total. The monoisotopic (exact) mass is 341 g/mol. The number of ketones is 1. The van der Waals surface area contributed by atoms with Gasteiger partial charge in [-0.25, -0.2) is 13.2 Å². The van der Waals surface area contributed by atoms with E-state index in [1.165, 1.54) is 12.1 Å². The first-order chi connectivity index (χ1) is 10.7. The van der Waals surface area contributed by atoms with Crippen LogP contribution in [-0.4, -0.2) is 38.7 Å². The molecule has 7 heteroatoms. The number of ether oxygens (including phenoxy) is 1.